The highest BCUT2D eigenvalue weighted by Crippen LogP contribution is 2.20. The summed E-state index contributed by atoms with van der Waals surface area (Å²) in [5, 5.41) is 19.5. The van der Waals surface area contributed by atoms with Crippen molar-refractivity contribution in [3.8, 4) is 0 Å². The van der Waals surface area contributed by atoms with Crippen LogP contribution in [0.4, 0.5) is 0 Å². The van der Waals surface area contributed by atoms with Crippen LogP contribution in [0.15, 0.2) is 24.3 Å². The zero-order chi connectivity index (χ0) is 14.6. The van der Waals surface area contributed by atoms with Gasteiger partial charge in [0.05, 0.1) is 12.5 Å². The third-order valence-corrected chi connectivity index (χ3v) is 2.66. The number of carbonyl (C=O) groups excluding carboxylic acids is 2. The number of amides is 2. The molecule has 2 atom stereocenters. The van der Waals surface area contributed by atoms with Gasteiger partial charge in [0.2, 0.25) is 5.91 Å². The monoisotopic (exact) mass is 266 g/mol. The van der Waals surface area contributed by atoms with Crippen LogP contribution in [0.5, 0.6) is 0 Å². The summed E-state index contributed by atoms with van der Waals surface area (Å²) in [5.41, 5.74) is 5.71. The van der Waals surface area contributed by atoms with Crippen molar-refractivity contribution in [2.24, 2.45) is 5.73 Å². The van der Waals surface area contributed by atoms with E-state index in [4.69, 9.17) is 5.73 Å². The van der Waals surface area contributed by atoms with E-state index >= 15 is 0 Å². The fraction of sp³-hybridized carbons (Fsp3) is 0.385. The topological polar surface area (TPSA) is 104 Å². The number of nitrogens with zero attached hydrogens (tertiary/aromatic N) is 1. The van der Waals surface area contributed by atoms with Gasteiger partial charge in [-0.15, -0.1) is 0 Å². The number of benzene rings is 1. The van der Waals surface area contributed by atoms with Crippen molar-refractivity contribution in [3.63, 3.8) is 0 Å². The Morgan fingerprint density at radius 2 is 1.95 bits per heavy atom. The number of hydrogen-bond acceptors (Lipinski definition) is 4. The lowest BCUT2D eigenvalue weighted by molar-refractivity contribution is -0.121. The summed E-state index contributed by atoms with van der Waals surface area (Å²) in [6, 6.07) is 6.27. The van der Waals surface area contributed by atoms with E-state index in [2.05, 4.69) is 0 Å². The lowest BCUT2D eigenvalue weighted by atomic mass is 9.99. The molecule has 0 heterocycles. The molecule has 0 aromatic heterocycles. The zero-order valence-corrected chi connectivity index (χ0v) is 10.9. The second-order valence-electron chi connectivity index (χ2n) is 4.51. The second-order valence-corrected chi connectivity index (χ2v) is 4.51. The van der Waals surface area contributed by atoms with Gasteiger partial charge in [-0.25, -0.2) is 0 Å². The SMILES string of the molecule is CN(C)C(=O)c1cccc(C(O)C(O)CC(N)=O)c1. The summed E-state index contributed by atoms with van der Waals surface area (Å²) >= 11 is 0. The van der Waals surface area contributed by atoms with E-state index in [0.29, 0.717) is 11.1 Å². The molecule has 0 aliphatic heterocycles. The predicted molar refractivity (Wildman–Crippen MR) is 69.2 cm³/mol. The number of primary amides is 1. The number of hydrogen-bond donors (Lipinski definition) is 3. The molecule has 0 saturated heterocycles. The van der Waals surface area contributed by atoms with Gasteiger partial charge in [-0.3, -0.25) is 9.59 Å². The van der Waals surface area contributed by atoms with E-state index in [1.165, 1.54) is 11.0 Å². The van der Waals surface area contributed by atoms with E-state index in [9.17, 15) is 19.8 Å². The number of carbonyl (C=O) groups is 2. The van der Waals surface area contributed by atoms with Crippen LogP contribution in [-0.2, 0) is 4.79 Å². The van der Waals surface area contributed by atoms with Gasteiger partial charge in [-0.1, -0.05) is 12.1 Å². The van der Waals surface area contributed by atoms with Crippen LogP contribution in [0.3, 0.4) is 0 Å². The van der Waals surface area contributed by atoms with Crippen LogP contribution in [0.2, 0.25) is 0 Å². The van der Waals surface area contributed by atoms with E-state index in [0.717, 1.165) is 0 Å². The van der Waals surface area contributed by atoms with E-state index < -0.39 is 18.1 Å². The minimum Gasteiger partial charge on any atom is -0.390 e. The van der Waals surface area contributed by atoms with E-state index in [1.807, 2.05) is 0 Å². The van der Waals surface area contributed by atoms with Crippen LogP contribution < -0.4 is 5.73 Å². The Hall–Kier alpha value is -1.92. The summed E-state index contributed by atoms with van der Waals surface area (Å²) in [4.78, 5) is 23.9. The highest BCUT2D eigenvalue weighted by atomic mass is 16.3. The number of rotatable bonds is 5. The maximum atomic E-state index is 11.8. The lowest BCUT2D eigenvalue weighted by Crippen LogP contribution is -2.26. The Kier molecular flexibility index (Phi) is 5.02. The summed E-state index contributed by atoms with van der Waals surface area (Å²) < 4.78 is 0. The first kappa shape index (κ1) is 15.1. The first-order valence-electron chi connectivity index (χ1n) is 5.79. The standard InChI is InChI=1S/C13H18N2O4/c1-15(2)13(19)9-5-3-4-8(6-9)12(18)10(16)7-11(14)17/h3-6,10,12,16,18H,7H2,1-2H3,(H2,14,17). The molecular weight excluding hydrogens is 248 g/mol. The third kappa shape index (κ3) is 4.04. The van der Waals surface area contributed by atoms with Gasteiger partial charge in [0.25, 0.3) is 5.91 Å². The van der Waals surface area contributed by atoms with Gasteiger partial charge in [-0.05, 0) is 17.7 Å². The van der Waals surface area contributed by atoms with Crippen molar-refractivity contribution < 1.29 is 19.8 Å². The van der Waals surface area contributed by atoms with Crippen molar-refractivity contribution in [1.29, 1.82) is 0 Å². The first-order valence-corrected chi connectivity index (χ1v) is 5.79. The van der Waals surface area contributed by atoms with Gasteiger partial charge in [0.15, 0.2) is 0 Å². The maximum absolute atomic E-state index is 11.8. The fourth-order valence-electron chi connectivity index (χ4n) is 1.65. The second kappa shape index (κ2) is 6.31. The summed E-state index contributed by atoms with van der Waals surface area (Å²) in [6.45, 7) is 0. The van der Waals surface area contributed by atoms with Crippen molar-refractivity contribution in [3.05, 3.63) is 35.4 Å². The maximum Gasteiger partial charge on any atom is 0.253 e. The molecule has 0 bridgehead atoms. The molecule has 1 aromatic carbocycles. The molecule has 0 aliphatic carbocycles. The minimum absolute atomic E-state index is 0.210. The third-order valence-electron chi connectivity index (χ3n) is 2.66. The molecule has 2 amide bonds. The molecular formula is C13H18N2O4. The van der Waals surface area contributed by atoms with E-state index in [1.54, 1.807) is 32.3 Å². The molecule has 0 fully saturated rings. The zero-order valence-electron chi connectivity index (χ0n) is 10.9. The highest BCUT2D eigenvalue weighted by molar-refractivity contribution is 5.94. The van der Waals surface area contributed by atoms with Crippen molar-refractivity contribution >= 4 is 11.8 Å². The van der Waals surface area contributed by atoms with Crippen LogP contribution in [0, 0.1) is 0 Å². The van der Waals surface area contributed by atoms with Crippen LogP contribution in [0.1, 0.15) is 28.4 Å². The summed E-state index contributed by atoms with van der Waals surface area (Å²) in [7, 11) is 3.24. The van der Waals surface area contributed by atoms with Gasteiger partial charge in [-0.2, -0.15) is 0 Å². The Morgan fingerprint density at radius 1 is 1.32 bits per heavy atom. The molecule has 2 unspecified atom stereocenters. The number of nitrogens with two attached hydrogens (primary N) is 1. The Balaban J connectivity index is 2.92. The van der Waals surface area contributed by atoms with Crippen molar-refractivity contribution in [1.82, 2.24) is 4.90 Å². The molecule has 1 rings (SSSR count). The molecule has 0 aliphatic rings. The average Bonchev–Trinajstić information content (AvgIpc) is 2.36. The van der Waals surface area contributed by atoms with Gasteiger partial charge in [0.1, 0.15) is 6.10 Å². The van der Waals surface area contributed by atoms with Gasteiger partial charge in [0, 0.05) is 19.7 Å². The molecule has 1 aromatic rings. The quantitative estimate of drug-likeness (QED) is 0.678. The molecule has 4 N–H and O–H groups in total. The summed E-state index contributed by atoms with van der Waals surface area (Å²) in [5.74, 6) is -0.912. The van der Waals surface area contributed by atoms with Gasteiger partial charge >= 0.3 is 0 Å². The number of aliphatic hydroxyl groups excluding tert-OH is 2. The number of aliphatic hydroxyl groups is 2. The summed E-state index contributed by atoms with van der Waals surface area (Å²) in [6.07, 6.45) is -2.89. The van der Waals surface area contributed by atoms with Crippen LogP contribution in [-0.4, -0.2) is 47.1 Å². The molecule has 0 saturated carbocycles. The molecule has 0 radical (unpaired) electrons. The molecule has 6 heteroatoms. The van der Waals surface area contributed by atoms with Crippen LogP contribution in [0.25, 0.3) is 0 Å². The minimum atomic E-state index is -1.29. The molecule has 0 spiro atoms. The smallest absolute Gasteiger partial charge is 0.253 e. The first-order chi connectivity index (χ1) is 8.82. The Labute approximate surface area is 111 Å². The fourth-order valence-corrected chi connectivity index (χ4v) is 1.65. The Morgan fingerprint density at radius 3 is 2.47 bits per heavy atom. The van der Waals surface area contributed by atoms with Gasteiger partial charge < -0.3 is 20.8 Å². The lowest BCUT2D eigenvalue weighted by Gasteiger charge is -2.18. The predicted octanol–water partition coefficient (Wildman–Crippen LogP) is -0.342. The normalized spacial score (nSPS) is 13.7. The Bertz CT molecular complexity index is 473. The van der Waals surface area contributed by atoms with Crippen LogP contribution >= 0.6 is 0 Å². The van der Waals surface area contributed by atoms with E-state index in [-0.39, 0.29) is 12.3 Å². The van der Waals surface area contributed by atoms with Crippen molar-refractivity contribution in [2.75, 3.05) is 14.1 Å². The molecule has 104 valence electrons. The highest BCUT2D eigenvalue weighted by Gasteiger charge is 2.21. The van der Waals surface area contributed by atoms with Crippen molar-refractivity contribution in [2.45, 2.75) is 18.6 Å². The average molecular weight is 266 g/mol. The largest absolute Gasteiger partial charge is 0.390 e. The molecule has 19 heavy (non-hydrogen) atoms. The molecule has 6 nitrogen and oxygen atoms in total.